The summed E-state index contributed by atoms with van der Waals surface area (Å²) < 4.78 is 0. The maximum atomic E-state index is 10.1. The van der Waals surface area contributed by atoms with Gasteiger partial charge in [-0.15, -0.1) is 0 Å². The molecule has 0 radical (unpaired) electrons. The largest absolute Gasteiger partial charge is 1.00 e. The van der Waals surface area contributed by atoms with Crippen LogP contribution in [0.4, 0.5) is 0 Å². The number of carboxylic acids is 1. The second-order valence-corrected chi connectivity index (χ2v) is 4.01. The van der Waals surface area contributed by atoms with Crippen LogP contribution in [-0.2, 0) is 4.79 Å². The van der Waals surface area contributed by atoms with Crippen molar-refractivity contribution in [3.05, 3.63) is 35.9 Å². The van der Waals surface area contributed by atoms with E-state index in [4.69, 9.17) is 25.5 Å². The quantitative estimate of drug-likeness (QED) is 0.255. The van der Waals surface area contributed by atoms with Crippen LogP contribution < -0.4 is 34.7 Å². The summed E-state index contributed by atoms with van der Waals surface area (Å²) in [5.41, 5.74) is 0.220. The molecular weight excluding hydrogens is 307 g/mol. The van der Waals surface area contributed by atoms with Crippen molar-refractivity contribution in [1.82, 2.24) is 0 Å². The van der Waals surface area contributed by atoms with Gasteiger partial charge in [0.1, 0.15) is 24.4 Å². The van der Waals surface area contributed by atoms with E-state index in [-0.39, 0.29) is 41.4 Å². The number of rotatable bonds is 6. The molecule has 4 unspecified atom stereocenters. The minimum Gasteiger partial charge on any atom is -0.545 e. The van der Waals surface area contributed by atoms with Crippen LogP contribution in [0.25, 0.3) is 0 Å². The van der Waals surface area contributed by atoms with Gasteiger partial charge < -0.3 is 40.2 Å². The van der Waals surface area contributed by atoms with Crippen molar-refractivity contribution in [2.45, 2.75) is 24.4 Å². The molecule has 0 bridgehead atoms. The van der Waals surface area contributed by atoms with Gasteiger partial charge in [0.2, 0.25) is 0 Å². The number of aldehydes is 1. The SMILES string of the molecule is O=C([O-])c1ccccc1.O=CC(O)C(O)C(O)C(O)CO.[Na+]. The van der Waals surface area contributed by atoms with Crippen molar-refractivity contribution in [2.24, 2.45) is 0 Å². The molecular formula is C13H17NaO8. The molecule has 118 valence electrons. The molecule has 0 aliphatic rings. The zero-order valence-electron chi connectivity index (χ0n) is 11.9. The summed E-state index contributed by atoms with van der Waals surface area (Å²) in [6, 6.07) is 8.06. The van der Waals surface area contributed by atoms with Crippen LogP contribution in [0.5, 0.6) is 0 Å². The van der Waals surface area contributed by atoms with Crippen LogP contribution in [0.3, 0.4) is 0 Å². The summed E-state index contributed by atoms with van der Waals surface area (Å²) in [7, 11) is 0. The Morgan fingerprint density at radius 1 is 1.09 bits per heavy atom. The number of carbonyl (C=O) groups excluding carboxylic acids is 2. The second kappa shape index (κ2) is 12.7. The third-order valence-electron chi connectivity index (χ3n) is 2.43. The molecule has 1 aromatic carbocycles. The Hall–Kier alpha value is -0.840. The number of aliphatic hydroxyl groups excluding tert-OH is 5. The van der Waals surface area contributed by atoms with E-state index in [0.717, 1.165) is 0 Å². The van der Waals surface area contributed by atoms with Crippen molar-refractivity contribution in [1.29, 1.82) is 0 Å². The van der Waals surface area contributed by atoms with Gasteiger partial charge in [-0.2, -0.15) is 0 Å². The third-order valence-corrected chi connectivity index (χ3v) is 2.43. The molecule has 8 nitrogen and oxygen atoms in total. The normalized spacial score (nSPS) is 15.1. The van der Waals surface area contributed by atoms with E-state index < -0.39 is 37.0 Å². The number of aromatic carboxylic acids is 1. The third kappa shape index (κ3) is 8.57. The van der Waals surface area contributed by atoms with Crippen molar-refractivity contribution >= 4 is 12.3 Å². The average Bonchev–Trinajstić information content (AvgIpc) is 2.53. The summed E-state index contributed by atoms with van der Waals surface area (Å²) in [4.78, 5) is 20.0. The zero-order chi connectivity index (χ0) is 16.4. The molecule has 1 aromatic rings. The first kappa shape index (κ1) is 23.4. The van der Waals surface area contributed by atoms with Crippen LogP contribution in [-0.4, -0.2) is 68.8 Å². The topological polar surface area (TPSA) is 158 Å². The van der Waals surface area contributed by atoms with Gasteiger partial charge in [-0.05, 0) is 5.56 Å². The minimum absolute atomic E-state index is 0. The van der Waals surface area contributed by atoms with E-state index >= 15 is 0 Å². The number of hydrogen-bond acceptors (Lipinski definition) is 8. The zero-order valence-corrected chi connectivity index (χ0v) is 13.9. The monoisotopic (exact) mass is 324 g/mol. The molecule has 0 aromatic heterocycles. The number of benzene rings is 1. The molecule has 0 saturated carbocycles. The van der Waals surface area contributed by atoms with E-state index in [1.54, 1.807) is 18.2 Å². The Morgan fingerprint density at radius 2 is 1.59 bits per heavy atom. The van der Waals surface area contributed by atoms with Crippen LogP contribution in [0.15, 0.2) is 30.3 Å². The summed E-state index contributed by atoms with van der Waals surface area (Å²) in [6.07, 6.45) is -6.84. The molecule has 0 heterocycles. The maximum absolute atomic E-state index is 10.1. The molecule has 0 amide bonds. The van der Waals surface area contributed by atoms with E-state index in [9.17, 15) is 14.7 Å². The van der Waals surface area contributed by atoms with Crippen molar-refractivity contribution in [3.63, 3.8) is 0 Å². The number of carbonyl (C=O) groups is 2. The average molecular weight is 324 g/mol. The minimum atomic E-state index is -1.79. The fourth-order valence-corrected chi connectivity index (χ4v) is 1.19. The number of carboxylic acid groups (broad SMARTS) is 1. The van der Waals surface area contributed by atoms with E-state index in [1.807, 2.05) is 0 Å². The standard InChI is InChI=1S/C7H6O2.C6H12O6.Na/c8-7(9)6-4-2-1-3-5-6;7-1-3(9)5(11)6(12)4(10)2-8;/h1-5H,(H,8,9);1,3-6,8-12H,2H2;/q;;+1/p-1. The summed E-state index contributed by atoms with van der Waals surface area (Å²) in [5.74, 6) is -1.13. The Labute approximate surface area is 148 Å². The van der Waals surface area contributed by atoms with Crippen LogP contribution in [0.2, 0.25) is 0 Å². The molecule has 0 spiro atoms. The van der Waals surface area contributed by atoms with E-state index in [2.05, 4.69) is 0 Å². The molecule has 0 fully saturated rings. The van der Waals surface area contributed by atoms with Gasteiger partial charge in [0.15, 0.2) is 6.29 Å². The summed E-state index contributed by atoms with van der Waals surface area (Å²) >= 11 is 0. The Kier molecular flexibility index (Phi) is 13.5. The van der Waals surface area contributed by atoms with Crippen LogP contribution >= 0.6 is 0 Å². The molecule has 4 atom stereocenters. The van der Waals surface area contributed by atoms with Crippen LogP contribution in [0.1, 0.15) is 10.4 Å². The Morgan fingerprint density at radius 3 is 1.91 bits per heavy atom. The van der Waals surface area contributed by atoms with Gasteiger partial charge in [-0.1, -0.05) is 30.3 Å². The van der Waals surface area contributed by atoms with Crippen molar-refractivity contribution in [2.75, 3.05) is 6.61 Å². The Balaban J connectivity index is 0. The first-order chi connectivity index (χ1) is 9.84. The van der Waals surface area contributed by atoms with Gasteiger partial charge in [0, 0.05) is 0 Å². The molecule has 5 N–H and O–H groups in total. The van der Waals surface area contributed by atoms with Gasteiger partial charge in [-0.25, -0.2) is 0 Å². The first-order valence-corrected chi connectivity index (χ1v) is 5.90. The molecule has 9 heteroatoms. The van der Waals surface area contributed by atoms with Crippen LogP contribution in [0, 0.1) is 0 Å². The van der Waals surface area contributed by atoms with Gasteiger partial charge >= 0.3 is 29.6 Å². The smallest absolute Gasteiger partial charge is 0.545 e. The fraction of sp³-hybridized carbons (Fsp3) is 0.385. The number of hydrogen-bond donors (Lipinski definition) is 5. The molecule has 22 heavy (non-hydrogen) atoms. The van der Waals surface area contributed by atoms with Crippen molar-refractivity contribution in [3.8, 4) is 0 Å². The van der Waals surface area contributed by atoms with Gasteiger partial charge in [-0.3, -0.25) is 0 Å². The molecule has 0 aliphatic heterocycles. The summed E-state index contributed by atoms with van der Waals surface area (Å²) in [5, 5.41) is 53.6. The Bertz CT molecular complexity index is 427. The van der Waals surface area contributed by atoms with Gasteiger partial charge in [0.25, 0.3) is 0 Å². The fourth-order valence-electron chi connectivity index (χ4n) is 1.19. The molecule has 0 aliphatic carbocycles. The summed E-state index contributed by atoms with van der Waals surface area (Å²) in [6.45, 7) is -0.760. The van der Waals surface area contributed by atoms with E-state index in [0.29, 0.717) is 0 Å². The predicted octanol–water partition coefficient (Wildman–Crippen LogP) is -6.32. The first-order valence-electron chi connectivity index (χ1n) is 5.90. The van der Waals surface area contributed by atoms with Crippen molar-refractivity contribution < 1.29 is 69.8 Å². The second-order valence-electron chi connectivity index (χ2n) is 4.01. The molecule has 0 saturated heterocycles. The maximum Gasteiger partial charge on any atom is 1.00 e. The van der Waals surface area contributed by atoms with Gasteiger partial charge in [0.05, 0.1) is 12.6 Å². The number of aliphatic hydroxyl groups is 5. The van der Waals surface area contributed by atoms with E-state index in [1.165, 1.54) is 12.1 Å². The molecule has 1 rings (SSSR count). The predicted molar refractivity (Wildman–Crippen MR) is 67.9 cm³/mol.